The molecule has 0 aliphatic carbocycles. The fourth-order valence-electron chi connectivity index (χ4n) is 4.10. The molecule has 0 radical (unpaired) electrons. The lowest BCUT2D eigenvalue weighted by Crippen LogP contribution is -2.40. The number of pyridine rings is 1. The van der Waals surface area contributed by atoms with E-state index < -0.39 is 0 Å². The van der Waals surface area contributed by atoms with Crippen LogP contribution in [0.2, 0.25) is 0 Å². The number of rotatable bonds is 5. The first kappa shape index (κ1) is 20.0. The third-order valence-corrected chi connectivity index (χ3v) is 5.68. The lowest BCUT2D eigenvalue weighted by Gasteiger charge is -2.35. The molecular formula is C23H23N5O4. The zero-order valence-electron chi connectivity index (χ0n) is 17.4. The van der Waals surface area contributed by atoms with Crippen molar-refractivity contribution in [1.29, 1.82) is 0 Å². The Morgan fingerprint density at radius 2 is 2.03 bits per heavy atom. The van der Waals surface area contributed by atoms with E-state index in [0.717, 1.165) is 25.0 Å². The highest BCUT2D eigenvalue weighted by Crippen LogP contribution is 2.33. The van der Waals surface area contributed by atoms with Gasteiger partial charge in [0.25, 0.3) is 5.91 Å². The van der Waals surface area contributed by atoms with E-state index in [-0.39, 0.29) is 31.2 Å². The molecule has 4 heterocycles. The molecule has 5 rings (SSSR count). The van der Waals surface area contributed by atoms with Crippen LogP contribution in [0.4, 0.5) is 5.69 Å². The van der Waals surface area contributed by atoms with Crippen molar-refractivity contribution in [2.24, 2.45) is 0 Å². The molecule has 1 N–H and O–H groups in total. The Balaban J connectivity index is 1.23. The van der Waals surface area contributed by atoms with Crippen molar-refractivity contribution in [2.75, 3.05) is 18.7 Å². The Labute approximate surface area is 185 Å². The Morgan fingerprint density at radius 3 is 2.91 bits per heavy atom. The largest absolute Gasteiger partial charge is 0.454 e. The van der Waals surface area contributed by atoms with E-state index in [9.17, 15) is 9.59 Å². The number of benzene rings is 1. The number of carbonyl (C=O) groups is 2. The summed E-state index contributed by atoms with van der Waals surface area (Å²) in [5.74, 6) is 0.857. The molecule has 1 fully saturated rings. The summed E-state index contributed by atoms with van der Waals surface area (Å²) in [4.78, 5) is 31.9. The average Bonchev–Trinajstić information content (AvgIpc) is 3.48. The first-order valence-corrected chi connectivity index (χ1v) is 10.6. The van der Waals surface area contributed by atoms with Crippen molar-refractivity contribution in [3.8, 4) is 11.5 Å². The zero-order valence-corrected chi connectivity index (χ0v) is 17.4. The maximum atomic E-state index is 13.0. The molecule has 1 atom stereocenters. The van der Waals surface area contributed by atoms with Crippen LogP contribution in [0.3, 0.4) is 0 Å². The minimum Gasteiger partial charge on any atom is -0.454 e. The van der Waals surface area contributed by atoms with Crippen molar-refractivity contribution in [2.45, 2.75) is 31.8 Å². The number of carbonyl (C=O) groups excluding carboxylic acids is 2. The fraction of sp³-hybridized carbons (Fsp3) is 0.304. The van der Waals surface area contributed by atoms with Crippen LogP contribution in [0.5, 0.6) is 11.5 Å². The van der Waals surface area contributed by atoms with E-state index in [0.29, 0.717) is 29.3 Å². The van der Waals surface area contributed by atoms with Crippen LogP contribution < -0.4 is 14.8 Å². The average molecular weight is 433 g/mol. The molecule has 164 valence electrons. The van der Waals surface area contributed by atoms with Gasteiger partial charge in [-0.2, -0.15) is 5.10 Å². The molecule has 0 bridgehead atoms. The smallest absolute Gasteiger partial charge is 0.255 e. The molecule has 2 aliphatic heterocycles. The molecule has 9 heteroatoms. The summed E-state index contributed by atoms with van der Waals surface area (Å²) >= 11 is 0. The molecular weight excluding hydrogens is 410 g/mol. The number of amides is 2. The van der Waals surface area contributed by atoms with Crippen LogP contribution in [-0.2, 0) is 11.3 Å². The number of ether oxygens (including phenoxy) is 2. The summed E-state index contributed by atoms with van der Waals surface area (Å²) in [6, 6.07) is 10.8. The molecule has 2 amide bonds. The summed E-state index contributed by atoms with van der Waals surface area (Å²) in [5.41, 5.74) is 1.88. The first-order chi connectivity index (χ1) is 15.7. The molecule has 2 aromatic heterocycles. The van der Waals surface area contributed by atoms with Gasteiger partial charge in [0.05, 0.1) is 23.6 Å². The van der Waals surface area contributed by atoms with Crippen LogP contribution in [0.25, 0.3) is 0 Å². The quantitative estimate of drug-likeness (QED) is 0.664. The van der Waals surface area contributed by atoms with Gasteiger partial charge in [-0.1, -0.05) is 6.07 Å². The van der Waals surface area contributed by atoms with Gasteiger partial charge in [0.2, 0.25) is 12.7 Å². The molecule has 1 unspecified atom stereocenters. The van der Waals surface area contributed by atoms with E-state index in [1.54, 1.807) is 35.3 Å². The fourth-order valence-corrected chi connectivity index (χ4v) is 4.10. The zero-order chi connectivity index (χ0) is 21.9. The number of hydrogen-bond acceptors (Lipinski definition) is 6. The van der Waals surface area contributed by atoms with E-state index in [4.69, 9.17) is 9.47 Å². The van der Waals surface area contributed by atoms with Crippen molar-refractivity contribution in [1.82, 2.24) is 19.7 Å². The predicted molar refractivity (Wildman–Crippen MR) is 115 cm³/mol. The van der Waals surface area contributed by atoms with E-state index in [2.05, 4.69) is 15.4 Å². The van der Waals surface area contributed by atoms with Gasteiger partial charge in [-0.3, -0.25) is 19.3 Å². The van der Waals surface area contributed by atoms with E-state index in [1.165, 1.54) is 6.20 Å². The molecule has 9 nitrogen and oxygen atoms in total. The molecule has 2 aliphatic rings. The molecule has 1 saturated heterocycles. The summed E-state index contributed by atoms with van der Waals surface area (Å²) in [7, 11) is 0. The standard InChI is InChI=1S/C23H23N5O4/c29-22(28-10-4-2-6-19(28)18-5-1-3-9-24-18)14-27-13-17(12-25-27)26-23(30)16-7-8-20-21(11-16)32-15-31-20/h1,3,5,7-9,11-13,19H,2,4,6,10,14-15H2,(H,26,30). The normalized spacial score (nSPS) is 17.2. The number of anilines is 1. The van der Waals surface area contributed by atoms with Crippen molar-refractivity contribution >= 4 is 17.5 Å². The highest BCUT2D eigenvalue weighted by molar-refractivity contribution is 6.04. The molecule has 0 saturated carbocycles. The van der Waals surface area contributed by atoms with Gasteiger partial charge >= 0.3 is 0 Å². The van der Waals surface area contributed by atoms with Gasteiger partial charge in [-0.15, -0.1) is 0 Å². The third-order valence-electron chi connectivity index (χ3n) is 5.68. The van der Waals surface area contributed by atoms with Gasteiger partial charge in [-0.05, 0) is 49.6 Å². The predicted octanol–water partition coefficient (Wildman–Crippen LogP) is 3.01. The van der Waals surface area contributed by atoms with Crippen LogP contribution in [0.1, 0.15) is 41.4 Å². The topological polar surface area (TPSA) is 98.6 Å². The van der Waals surface area contributed by atoms with Crippen molar-refractivity contribution in [3.63, 3.8) is 0 Å². The Morgan fingerprint density at radius 1 is 1.12 bits per heavy atom. The Bertz CT molecular complexity index is 1130. The molecule has 3 aromatic rings. The second-order valence-electron chi connectivity index (χ2n) is 7.80. The van der Waals surface area contributed by atoms with Crippen LogP contribution >= 0.6 is 0 Å². The first-order valence-electron chi connectivity index (χ1n) is 10.6. The van der Waals surface area contributed by atoms with Gasteiger partial charge in [0.1, 0.15) is 6.54 Å². The molecule has 0 spiro atoms. The molecule has 32 heavy (non-hydrogen) atoms. The Kier molecular flexibility index (Phi) is 5.45. The summed E-state index contributed by atoms with van der Waals surface area (Å²) in [6.07, 6.45) is 7.90. The maximum absolute atomic E-state index is 13.0. The monoisotopic (exact) mass is 433 g/mol. The minimum atomic E-state index is -0.291. The summed E-state index contributed by atoms with van der Waals surface area (Å²) < 4.78 is 12.1. The number of nitrogens with one attached hydrogen (secondary N) is 1. The summed E-state index contributed by atoms with van der Waals surface area (Å²) in [6.45, 7) is 0.956. The van der Waals surface area contributed by atoms with Gasteiger partial charge in [0, 0.05) is 24.5 Å². The number of piperidine rings is 1. The lowest BCUT2D eigenvalue weighted by molar-refractivity contribution is -0.136. The van der Waals surface area contributed by atoms with Crippen molar-refractivity contribution < 1.29 is 19.1 Å². The van der Waals surface area contributed by atoms with Gasteiger partial charge < -0.3 is 19.7 Å². The van der Waals surface area contributed by atoms with Crippen LogP contribution in [-0.4, -0.2) is 44.8 Å². The number of fused-ring (bicyclic) bond motifs is 1. The van der Waals surface area contributed by atoms with Gasteiger partial charge in [-0.25, -0.2) is 0 Å². The highest BCUT2D eigenvalue weighted by Gasteiger charge is 2.29. The van der Waals surface area contributed by atoms with E-state index in [1.807, 2.05) is 23.1 Å². The summed E-state index contributed by atoms with van der Waals surface area (Å²) in [5, 5.41) is 7.05. The highest BCUT2D eigenvalue weighted by atomic mass is 16.7. The third kappa shape index (κ3) is 4.14. The Hall–Kier alpha value is -3.88. The van der Waals surface area contributed by atoms with E-state index >= 15 is 0 Å². The minimum absolute atomic E-state index is 0.0156. The number of aromatic nitrogens is 3. The second-order valence-corrected chi connectivity index (χ2v) is 7.80. The lowest BCUT2D eigenvalue weighted by atomic mass is 9.98. The maximum Gasteiger partial charge on any atom is 0.255 e. The SMILES string of the molecule is O=C(Nc1cnn(CC(=O)N2CCCCC2c2ccccn2)c1)c1ccc2c(c1)OCO2. The van der Waals surface area contributed by atoms with Crippen LogP contribution in [0, 0.1) is 0 Å². The van der Waals surface area contributed by atoms with Crippen molar-refractivity contribution in [3.05, 3.63) is 66.2 Å². The second kappa shape index (κ2) is 8.70. The van der Waals surface area contributed by atoms with Gasteiger partial charge in [0.15, 0.2) is 11.5 Å². The number of likely N-dealkylation sites (tertiary alicyclic amines) is 1. The molecule has 1 aromatic carbocycles. The number of hydrogen-bond donors (Lipinski definition) is 1. The number of nitrogens with zero attached hydrogens (tertiary/aromatic N) is 4. The van der Waals surface area contributed by atoms with Crippen LogP contribution in [0.15, 0.2) is 55.0 Å².